The fourth-order valence-electron chi connectivity index (χ4n) is 5.52. The van der Waals surface area contributed by atoms with E-state index in [1.165, 1.54) is 83.5 Å². The minimum absolute atomic E-state index is 0.0684. The normalized spacial score (nSPS) is 12.1. The van der Waals surface area contributed by atoms with Crippen LogP contribution >= 0.6 is 0 Å². The smallest absolute Gasteiger partial charge is 0.306 e. The van der Waals surface area contributed by atoms with Crippen molar-refractivity contribution in [1.29, 1.82) is 0 Å². The molecule has 0 aromatic heterocycles. The van der Waals surface area contributed by atoms with E-state index in [0.29, 0.717) is 19.3 Å². The molecule has 0 bridgehead atoms. The Balaban J connectivity index is 4.28. The van der Waals surface area contributed by atoms with Crippen molar-refractivity contribution in [2.24, 2.45) is 11.8 Å². The lowest BCUT2D eigenvalue weighted by atomic mass is 10.0. The van der Waals surface area contributed by atoms with Crippen molar-refractivity contribution in [1.82, 2.24) is 0 Å². The molecule has 0 saturated heterocycles. The summed E-state index contributed by atoms with van der Waals surface area (Å²) < 4.78 is 16.5. The number of rotatable bonds is 33. The van der Waals surface area contributed by atoms with Gasteiger partial charge in [-0.25, -0.2) is 0 Å². The van der Waals surface area contributed by atoms with Crippen LogP contribution in [0.4, 0.5) is 0 Å². The van der Waals surface area contributed by atoms with E-state index in [2.05, 4.69) is 34.6 Å². The van der Waals surface area contributed by atoms with E-state index in [4.69, 9.17) is 14.2 Å². The molecule has 6 nitrogen and oxygen atoms in total. The fraction of sp³-hybridized carbons (Fsp3) is 0.923. The molecule has 0 amide bonds. The second-order valence-corrected chi connectivity index (χ2v) is 14.2. The number of carbonyl (C=O) groups is 3. The molecule has 0 heterocycles. The average Bonchev–Trinajstić information content (AvgIpc) is 2.99. The summed E-state index contributed by atoms with van der Waals surface area (Å²) >= 11 is 0. The van der Waals surface area contributed by atoms with Crippen LogP contribution in [-0.4, -0.2) is 37.2 Å². The summed E-state index contributed by atoms with van der Waals surface area (Å²) in [7, 11) is 0. The molecule has 0 aromatic carbocycles. The third-order valence-electron chi connectivity index (χ3n) is 8.47. The zero-order valence-corrected chi connectivity index (χ0v) is 30.5. The first-order valence-corrected chi connectivity index (χ1v) is 19.2. The van der Waals surface area contributed by atoms with Gasteiger partial charge >= 0.3 is 17.9 Å². The molecule has 0 spiro atoms. The van der Waals surface area contributed by atoms with Gasteiger partial charge in [0, 0.05) is 19.3 Å². The minimum atomic E-state index is -0.757. The Labute approximate surface area is 278 Å². The maximum Gasteiger partial charge on any atom is 0.306 e. The van der Waals surface area contributed by atoms with Gasteiger partial charge in [0.2, 0.25) is 0 Å². The van der Waals surface area contributed by atoms with Gasteiger partial charge in [-0.2, -0.15) is 0 Å². The lowest BCUT2D eigenvalue weighted by Crippen LogP contribution is -2.30. The van der Waals surface area contributed by atoms with Crippen LogP contribution < -0.4 is 0 Å². The van der Waals surface area contributed by atoms with E-state index in [1.54, 1.807) is 0 Å². The van der Waals surface area contributed by atoms with Gasteiger partial charge in [-0.3, -0.25) is 14.4 Å². The highest BCUT2D eigenvalue weighted by Gasteiger charge is 2.19. The Bertz CT molecular complexity index is 689. The van der Waals surface area contributed by atoms with Gasteiger partial charge in [-0.1, -0.05) is 163 Å². The fourth-order valence-corrected chi connectivity index (χ4v) is 5.52. The average molecular weight is 639 g/mol. The van der Waals surface area contributed by atoms with Gasteiger partial charge in [0.1, 0.15) is 13.2 Å². The molecule has 0 saturated carbocycles. The van der Waals surface area contributed by atoms with Crippen molar-refractivity contribution >= 4 is 17.9 Å². The van der Waals surface area contributed by atoms with Crippen LogP contribution in [0, 0.1) is 11.8 Å². The van der Waals surface area contributed by atoms with E-state index in [9.17, 15) is 14.4 Å². The molecule has 0 rings (SSSR count). The molecule has 0 radical (unpaired) electrons. The second-order valence-electron chi connectivity index (χ2n) is 14.2. The van der Waals surface area contributed by atoms with Crippen LogP contribution in [-0.2, 0) is 28.6 Å². The van der Waals surface area contributed by atoms with E-state index in [-0.39, 0.29) is 31.1 Å². The Morgan fingerprint density at radius 2 is 0.733 bits per heavy atom. The Kier molecular flexibility index (Phi) is 31.2. The molecule has 266 valence electrons. The van der Waals surface area contributed by atoms with Crippen LogP contribution in [0.3, 0.4) is 0 Å². The molecule has 0 aliphatic rings. The largest absolute Gasteiger partial charge is 0.462 e. The first kappa shape index (κ1) is 43.4. The van der Waals surface area contributed by atoms with Gasteiger partial charge in [-0.05, 0) is 31.1 Å². The van der Waals surface area contributed by atoms with Crippen LogP contribution in [0.2, 0.25) is 0 Å². The molecule has 0 aliphatic heterocycles. The molecule has 0 N–H and O–H groups in total. The van der Waals surface area contributed by atoms with Crippen molar-refractivity contribution in [3.05, 3.63) is 0 Å². The topological polar surface area (TPSA) is 78.9 Å². The summed E-state index contributed by atoms with van der Waals surface area (Å²) in [4.78, 5) is 37.2. The molecular weight excluding hydrogens is 564 g/mol. The Hall–Kier alpha value is -1.59. The van der Waals surface area contributed by atoms with Crippen LogP contribution in [0.1, 0.15) is 202 Å². The maximum atomic E-state index is 12.6. The molecule has 45 heavy (non-hydrogen) atoms. The second kappa shape index (κ2) is 32.4. The van der Waals surface area contributed by atoms with Crippen LogP contribution in [0.25, 0.3) is 0 Å². The minimum Gasteiger partial charge on any atom is -0.462 e. The van der Waals surface area contributed by atoms with Crippen molar-refractivity contribution in [3.8, 4) is 0 Å². The summed E-state index contributed by atoms with van der Waals surface area (Å²) in [5.41, 5.74) is 0. The number of unbranched alkanes of at least 4 members (excludes halogenated alkanes) is 18. The van der Waals surface area contributed by atoms with E-state index >= 15 is 0 Å². The van der Waals surface area contributed by atoms with Gasteiger partial charge < -0.3 is 14.2 Å². The molecule has 1 atom stereocenters. The molecule has 0 unspecified atom stereocenters. The van der Waals surface area contributed by atoms with E-state index in [1.807, 2.05) is 0 Å². The molecular formula is C39H74O6. The standard InChI is InChI=1S/C39H74O6/c1-6-7-8-17-24-29-37(40)43-32-36(33-44-38(41)30-25-20-16-15-19-23-28-35(4)5)45-39(42)31-26-21-14-12-10-9-11-13-18-22-27-34(2)3/h34-36H,6-33H2,1-5H3/t36-/m1/s1. The number of esters is 3. The quantitative estimate of drug-likeness (QED) is 0.0404. The Morgan fingerprint density at radius 1 is 0.422 bits per heavy atom. The highest BCUT2D eigenvalue weighted by molar-refractivity contribution is 5.71. The SMILES string of the molecule is CCCCCCCC(=O)OC[C@H](COC(=O)CCCCCCCCC(C)C)OC(=O)CCCCCCCCCCCCC(C)C. The third-order valence-corrected chi connectivity index (χ3v) is 8.47. The van der Waals surface area contributed by atoms with Gasteiger partial charge in [-0.15, -0.1) is 0 Å². The summed E-state index contributed by atoms with van der Waals surface area (Å²) in [5, 5.41) is 0. The van der Waals surface area contributed by atoms with Crippen molar-refractivity contribution in [2.75, 3.05) is 13.2 Å². The number of carbonyl (C=O) groups excluding carboxylic acids is 3. The van der Waals surface area contributed by atoms with Crippen molar-refractivity contribution in [2.45, 2.75) is 208 Å². The number of hydrogen-bond donors (Lipinski definition) is 0. The first-order chi connectivity index (χ1) is 21.7. The zero-order valence-electron chi connectivity index (χ0n) is 30.5. The number of hydrogen-bond acceptors (Lipinski definition) is 6. The highest BCUT2D eigenvalue weighted by Crippen LogP contribution is 2.15. The summed E-state index contributed by atoms with van der Waals surface area (Å²) in [5.74, 6) is 0.694. The maximum absolute atomic E-state index is 12.6. The van der Waals surface area contributed by atoms with Gasteiger partial charge in [0.05, 0.1) is 0 Å². The predicted octanol–water partition coefficient (Wildman–Crippen LogP) is 11.5. The monoisotopic (exact) mass is 639 g/mol. The molecule has 0 fully saturated rings. The van der Waals surface area contributed by atoms with E-state index in [0.717, 1.165) is 76.0 Å². The molecule has 0 aliphatic carbocycles. The zero-order chi connectivity index (χ0) is 33.4. The van der Waals surface area contributed by atoms with E-state index < -0.39 is 6.10 Å². The molecule has 0 aromatic rings. The summed E-state index contributed by atoms with van der Waals surface area (Å²) in [6, 6.07) is 0. The highest BCUT2D eigenvalue weighted by atomic mass is 16.6. The summed E-state index contributed by atoms with van der Waals surface area (Å²) in [6.45, 7) is 11.1. The Morgan fingerprint density at radius 3 is 1.09 bits per heavy atom. The van der Waals surface area contributed by atoms with Crippen LogP contribution in [0.5, 0.6) is 0 Å². The lowest BCUT2D eigenvalue weighted by molar-refractivity contribution is -0.167. The van der Waals surface area contributed by atoms with Crippen molar-refractivity contribution < 1.29 is 28.6 Å². The lowest BCUT2D eigenvalue weighted by Gasteiger charge is -2.18. The predicted molar refractivity (Wildman–Crippen MR) is 187 cm³/mol. The third kappa shape index (κ3) is 33.6. The van der Waals surface area contributed by atoms with Crippen molar-refractivity contribution in [3.63, 3.8) is 0 Å². The summed E-state index contributed by atoms with van der Waals surface area (Å²) in [6.07, 6.45) is 27.0. The van der Waals surface area contributed by atoms with Gasteiger partial charge in [0.15, 0.2) is 6.10 Å². The van der Waals surface area contributed by atoms with Crippen LogP contribution in [0.15, 0.2) is 0 Å². The molecule has 6 heteroatoms. The first-order valence-electron chi connectivity index (χ1n) is 19.2. The number of ether oxygens (including phenoxy) is 3. The van der Waals surface area contributed by atoms with Gasteiger partial charge in [0.25, 0.3) is 0 Å².